The van der Waals surface area contributed by atoms with Gasteiger partial charge in [0.15, 0.2) is 0 Å². The number of likely N-dealkylation sites (N-methyl/N-ethyl adjacent to an activating group) is 1. The molecule has 0 unspecified atom stereocenters. The lowest BCUT2D eigenvalue weighted by Gasteiger charge is -2.04. The molecule has 2 aromatic rings. The van der Waals surface area contributed by atoms with Crippen LogP contribution in [0.5, 0.6) is 0 Å². The maximum atomic E-state index is 13.1. The summed E-state index contributed by atoms with van der Waals surface area (Å²) in [7, 11) is 1.88. The normalized spacial score (nSPS) is 10.8. The molecule has 1 aromatic heterocycles. The van der Waals surface area contributed by atoms with Crippen LogP contribution in [-0.4, -0.2) is 23.6 Å². The van der Waals surface area contributed by atoms with Gasteiger partial charge in [0.05, 0.1) is 11.2 Å². The summed E-state index contributed by atoms with van der Waals surface area (Å²) in [6.07, 6.45) is 2.30. The van der Waals surface area contributed by atoms with Crippen LogP contribution in [0.2, 0.25) is 0 Å². The molecule has 1 aromatic carbocycles. The van der Waals surface area contributed by atoms with E-state index in [2.05, 4.69) is 15.3 Å². The zero-order valence-electron chi connectivity index (χ0n) is 8.50. The third-order valence-electron chi connectivity index (χ3n) is 2.29. The predicted octanol–water partition coefficient (Wildman–Crippen LogP) is 1.53. The lowest BCUT2D eigenvalue weighted by molar-refractivity contribution is 0.629. The Bertz CT molecular complexity index is 470. The highest BCUT2D eigenvalue weighted by Gasteiger charge is 2.03. The summed E-state index contributed by atoms with van der Waals surface area (Å²) in [5.41, 5.74) is 1.67. The molecule has 0 fully saturated rings. The summed E-state index contributed by atoms with van der Waals surface area (Å²) in [4.78, 5) is 8.26. The van der Waals surface area contributed by atoms with E-state index in [-0.39, 0.29) is 5.82 Å². The minimum Gasteiger partial charge on any atom is -0.319 e. The Labute approximate surface area is 87.4 Å². The van der Waals surface area contributed by atoms with Gasteiger partial charge in [0, 0.05) is 18.4 Å². The fourth-order valence-corrected chi connectivity index (χ4v) is 1.52. The van der Waals surface area contributed by atoms with E-state index in [1.54, 1.807) is 6.07 Å². The molecule has 0 atom stereocenters. The van der Waals surface area contributed by atoms with Crippen LogP contribution in [0.1, 0.15) is 5.69 Å². The summed E-state index contributed by atoms with van der Waals surface area (Å²) in [5.74, 6) is -0.247. The van der Waals surface area contributed by atoms with E-state index in [1.165, 1.54) is 18.5 Å². The van der Waals surface area contributed by atoms with E-state index >= 15 is 0 Å². The molecule has 15 heavy (non-hydrogen) atoms. The molecule has 0 aliphatic carbocycles. The average Bonchev–Trinajstić information content (AvgIpc) is 2.26. The van der Waals surface area contributed by atoms with Gasteiger partial charge in [-0.3, -0.25) is 0 Å². The second kappa shape index (κ2) is 4.31. The van der Waals surface area contributed by atoms with Crippen LogP contribution < -0.4 is 5.32 Å². The molecule has 1 heterocycles. The average molecular weight is 205 g/mol. The summed E-state index contributed by atoms with van der Waals surface area (Å²) in [6.45, 7) is 0.822. The highest BCUT2D eigenvalue weighted by Crippen LogP contribution is 2.16. The zero-order valence-corrected chi connectivity index (χ0v) is 8.50. The molecular formula is C11H12FN3. The number of hydrogen-bond donors (Lipinski definition) is 1. The van der Waals surface area contributed by atoms with Crippen LogP contribution in [0.25, 0.3) is 10.9 Å². The van der Waals surface area contributed by atoms with Crippen molar-refractivity contribution in [3.63, 3.8) is 0 Å². The van der Waals surface area contributed by atoms with Crippen LogP contribution in [0.3, 0.4) is 0 Å². The van der Waals surface area contributed by atoms with Crippen molar-refractivity contribution < 1.29 is 4.39 Å². The molecule has 0 radical (unpaired) electrons. The second-order valence-corrected chi connectivity index (χ2v) is 3.34. The Hall–Kier alpha value is -1.55. The maximum Gasteiger partial charge on any atom is 0.124 e. The quantitative estimate of drug-likeness (QED) is 0.825. The number of nitrogens with one attached hydrogen (secondary N) is 1. The van der Waals surface area contributed by atoms with E-state index in [4.69, 9.17) is 0 Å². The topological polar surface area (TPSA) is 37.8 Å². The first-order valence-corrected chi connectivity index (χ1v) is 4.85. The van der Waals surface area contributed by atoms with Crippen molar-refractivity contribution in [2.24, 2.45) is 0 Å². The van der Waals surface area contributed by atoms with Gasteiger partial charge >= 0.3 is 0 Å². The molecule has 0 amide bonds. The molecule has 0 aliphatic rings. The van der Waals surface area contributed by atoms with Crippen molar-refractivity contribution in [2.45, 2.75) is 6.42 Å². The van der Waals surface area contributed by atoms with Crippen molar-refractivity contribution >= 4 is 10.9 Å². The number of fused-ring (bicyclic) bond motifs is 1. The number of nitrogens with zero attached hydrogens (tertiary/aromatic N) is 2. The number of aromatic nitrogens is 2. The number of hydrogen-bond acceptors (Lipinski definition) is 3. The smallest absolute Gasteiger partial charge is 0.124 e. The first-order chi connectivity index (χ1) is 7.31. The monoisotopic (exact) mass is 205 g/mol. The summed E-state index contributed by atoms with van der Waals surface area (Å²) in [5, 5.41) is 3.84. The molecule has 1 N–H and O–H groups in total. The maximum absolute atomic E-state index is 13.1. The van der Waals surface area contributed by atoms with Crippen molar-refractivity contribution in [1.82, 2.24) is 15.3 Å². The molecule has 78 valence electrons. The zero-order chi connectivity index (χ0) is 10.7. The molecule has 2 rings (SSSR count). The summed E-state index contributed by atoms with van der Waals surface area (Å²) in [6, 6.07) is 4.58. The Morgan fingerprint density at radius 1 is 1.33 bits per heavy atom. The number of halogens is 1. The highest BCUT2D eigenvalue weighted by molar-refractivity contribution is 5.80. The van der Waals surface area contributed by atoms with Crippen molar-refractivity contribution in [1.29, 1.82) is 0 Å². The standard InChI is InChI=1S/C11H12FN3/c1-13-5-4-11-9-6-8(12)2-3-10(9)14-7-15-11/h2-3,6-7,13H,4-5H2,1H3. The first-order valence-electron chi connectivity index (χ1n) is 4.85. The predicted molar refractivity (Wildman–Crippen MR) is 57.1 cm³/mol. The largest absolute Gasteiger partial charge is 0.319 e. The summed E-state index contributed by atoms with van der Waals surface area (Å²) < 4.78 is 13.1. The molecular weight excluding hydrogens is 193 g/mol. The van der Waals surface area contributed by atoms with Crippen LogP contribution in [0.4, 0.5) is 4.39 Å². The molecule has 0 spiro atoms. The van der Waals surface area contributed by atoms with Crippen LogP contribution in [0, 0.1) is 5.82 Å². The van der Waals surface area contributed by atoms with Gasteiger partial charge in [0.2, 0.25) is 0 Å². The molecule has 0 saturated carbocycles. The van der Waals surface area contributed by atoms with Gasteiger partial charge in [-0.25, -0.2) is 14.4 Å². The van der Waals surface area contributed by atoms with Gasteiger partial charge in [-0.2, -0.15) is 0 Å². The van der Waals surface area contributed by atoms with Gasteiger partial charge in [0.1, 0.15) is 12.1 Å². The van der Waals surface area contributed by atoms with Crippen molar-refractivity contribution in [2.75, 3.05) is 13.6 Å². The fourth-order valence-electron chi connectivity index (χ4n) is 1.52. The van der Waals surface area contributed by atoms with Gasteiger partial charge < -0.3 is 5.32 Å². The molecule has 0 saturated heterocycles. The van der Waals surface area contributed by atoms with E-state index in [0.29, 0.717) is 0 Å². The number of rotatable bonds is 3. The third-order valence-corrected chi connectivity index (χ3v) is 2.29. The highest BCUT2D eigenvalue weighted by atomic mass is 19.1. The Kier molecular flexibility index (Phi) is 2.87. The van der Waals surface area contributed by atoms with Gasteiger partial charge in [-0.1, -0.05) is 0 Å². The molecule has 4 heteroatoms. The fraction of sp³-hybridized carbons (Fsp3) is 0.273. The molecule has 0 bridgehead atoms. The van der Waals surface area contributed by atoms with Crippen molar-refractivity contribution in [3.05, 3.63) is 36.0 Å². The van der Waals surface area contributed by atoms with Crippen molar-refractivity contribution in [3.8, 4) is 0 Å². The van der Waals surface area contributed by atoms with E-state index in [0.717, 1.165) is 29.6 Å². The summed E-state index contributed by atoms with van der Waals surface area (Å²) >= 11 is 0. The number of benzene rings is 1. The third kappa shape index (κ3) is 2.10. The molecule has 0 aliphatic heterocycles. The minimum atomic E-state index is -0.247. The SMILES string of the molecule is CNCCc1ncnc2ccc(F)cc12. The Morgan fingerprint density at radius 2 is 2.20 bits per heavy atom. The van der Waals surface area contributed by atoms with E-state index < -0.39 is 0 Å². The van der Waals surface area contributed by atoms with Crippen LogP contribution in [0.15, 0.2) is 24.5 Å². The first kappa shape index (κ1) is 9.98. The van der Waals surface area contributed by atoms with Crippen LogP contribution >= 0.6 is 0 Å². The van der Waals surface area contributed by atoms with Gasteiger partial charge in [0.25, 0.3) is 0 Å². The lowest BCUT2D eigenvalue weighted by Crippen LogP contribution is -2.11. The van der Waals surface area contributed by atoms with Gasteiger partial charge in [-0.05, 0) is 25.2 Å². The van der Waals surface area contributed by atoms with E-state index in [1.807, 2.05) is 7.05 Å². The Morgan fingerprint density at radius 3 is 3.00 bits per heavy atom. The lowest BCUT2D eigenvalue weighted by atomic mass is 10.1. The minimum absolute atomic E-state index is 0.247. The van der Waals surface area contributed by atoms with Crippen LogP contribution in [-0.2, 0) is 6.42 Å². The van der Waals surface area contributed by atoms with E-state index in [9.17, 15) is 4.39 Å². The van der Waals surface area contributed by atoms with Gasteiger partial charge in [-0.15, -0.1) is 0 Å². The molecule has 3 nitrogen and oxygen atoms in total. The Balaban J connectivity index is 2.48. The second-order valence-electron chi connectivity index (χ2n) is 3.34.